The van der Waals surface area contributed by atoms with Crippen LogP contribution in [0.15, 0.2) is 24.7 Å². The van der Waals surface area contributed by atoms with Crippen LogP contribution in [0.4, 0.5) is 11.5 Å². The van der Waals surface area contributed by atoms with Gasteiger partial charge < -0.3 is 4.90 Å². The average Bonchev–Trinajstić information content (AvgIpc) is 3.04. The highest BCUT2D eigenvalue weighted by atomic mass is 16.6. The number of aromatic nitrogens is 3. The lowest BCUT2D eigenvalue weighted by Gasteiger charge is -2.35. The van der Waals surface area contributed by atoms with Crippen molar-refractivity contribution in [2.45, 2.75) is 39.8 Å². The molecule has 0 radical (unpaired) electrons. The van der Waals surface area contributed by atoms with E-state index in [1.54, 1.807) is 13.0 Å². The third kappa shape index (κ3) is 4.01. The first kappa shape index (κ1) is 18.3. The molecule has 8 heteroatoms. The molecule has 0 saturated carbocycles. The van der Waals surface area contributed by atoms with Crippen LogP contribution in [0.3, 0.4) is 0 Å². The van der Waals surface area contributed by atoms with Gasteiger partial charge in [0.1, 0.15) is 12.0 Å². The van der Waals surface area contributed by atoms with Gasteiger partial charge in [0.15, 0.2) is 0 Å². The van der Waals surface area contributed by atoms with Crippen LogP contribution in [-0.4, -0.2) is 50.8 Å². The van der Waals surface area contributed by atoms with Crippen LogP contribution in [0.2, 0.25) is 0 Å². The van der Waals surface area contributed by atoms with Gasteiger partial charge in [-0.2, -0.15) is 5.10 Å². The quantitative estimate of drug-likeness (QED) is 0.617. The first-order chi connectivity index (χ1) is 12.2. The van der Waals surface area contributed by atoms with E-state index in [0.717, 1.165) is 38.5 Å². The molecule has 2 aromatic rings. The van der Waals surface area contributed by atoms with Crippen molar-refractivity contribution in [3.05, 3.63) is 45.9 Å². The number of hydrogen-bond acceptors (Lipinski definition) is 6. The molecule has 140 valence electrons. The van der Waals surface area contributed by atoms with Crippen LogP contribution in [0.25, 0.3) is 0 Å². The number of pyridine rings is 1. The SMILES string of the molecule is Cc1cc(N2CCN(Cc3cnn(C(C)(C)C)c3)CC2)ncc1[N+](=O)[O-]. The number of anilines is 1. The maximum absolute atomic E-state index is 10.9. The summed E-state index contributed by atoms with van der Waals surface area (Å²) in [5.74, 6) is 0.813. The van der Waals surface area contributed by atoms with Crippen molar-refractivity contribution in [1.82, 2.24) is 19.7 Å². The van der Waals surface area contributed by atoms with Gasteiger partial charge >= 0.3 is 0 Å². The molecule has 0 aromatic carbocycles. The normalized spacial score (nSPS) is 16.1. The van der Waals surface area contributed by atoms with Gasteiger partial charge in [-0.1, -0.05) is 0 Å². The van der Waals surface area contributed by atoms with Crippen LogP contribution in [0, 0.1) is 17.0 Å². The Bertz CT molecular complexity index is 787. The molecule has 1 aliphatic heterocycles. The zero-order chi connectivity index (χ0) is 18.9. The number of rotatable bonds is 4. The monoisotopic (exact) mass is 358 g/mol. The highest BCUT2D eigenvalue weighted by molar-refractivity contribution is 5.48. The highest BCUT2D eigenvalue weighted by Crippen LogP contribution is 2.22. The standard InChI is InChI=1S/C18H26N6O2/c1-14-9-17(19-11-16(14)24(25)26)22-7-5-21(6-8-22)12-15-10-20-23(13-15)18(2,3)4/h9-11,13H,5-8,12H2,1-4H3. The predicted molar refractivity (Wildman–Crippen MR) is 100 cm³/mol. The Morgan fingerprint density at radius 2 is 1.88 bits per heavy atom. The minimum absolute atomic E-state index is 0.00357. The Morgan fingerprint density at radius 3 is 2.42 bits per heavy atom. The average molecular weight is 358 g/mol. The van der Waals surface area contributed by atoms with E-state index in [4.69, 9.17) is 0 Å². The molecule has 1 fully saturated rings. The first-order valence-electron chi connectivity index (χ1n) is 8.86. The van der Waals surface area contributed by atoms with Gasteiger partial charge in [-0.25, -0.2) is 4.98 Å². The summed E-state index contributed by atoms with van der Waals surface area (Å²) in [5.41, 5.74) is 1.94. The van der Waals surface area contributed by atoms with E-state index in [0.29, 0.717) is 5.56 Å². The van der Waals surface area contributed by atoms with Gasteiger partial charge in [-0.3, -0.25) is 19.7 Å². The lowest BCUT2D eigenvalue weighted by Crippen LogP contribution is -2.46. The second-order valence-electron chi connectivity index (χ2n) is 7.81. The molecule has 0 N–H and O–H groups in total. The zero-order valence-corrected chi connectivity index (χ0v) is 15.8. The highest BCUT2D eigenvalue weighted by Gasteiger charge is 2.21. The van der Waals surface area contributed by atoms with E-state index in [-0.39, 0.29) is 16.1 Å². The topological polar surface area (TPSA) is 80.3 Å². The molecule has 1 saturated heterocycles. The van der Waals surface area contributed by atoms with Crippen molar-refractivity contribution < 1.29 is 4.92 Å². The Labute approximate surface area is 153 Å². The molecule has 0 aliphatic carbocycles. The third-order valence-electron chi connectivity index (χ3n) is 4.69. The van der Waals surface area contributed by atoms with Gasteiger partial charge in [-0.15, -0.1) is 0 Å². The summed E-state index contributed by atoms with van der Waals surface area (Å²) in [6.07, 6.45) is 5.42. The summed E-state index contributed by atoms with van der Waals surface area (Å²) >= 11 is 0. The lowest BCUT2D eigenvalue weighted by molar-refractivity contribution is -0.385. The lowest BCUT2D eigenvalue weighted by atomic mass is 10.1. The van der Waals surface area contributed by atoms with Crippen molar-refractivity contribution in [2.75, 3.05) is 31.1 Å². The van der Waals surface area contributed by atoms with Crippen molar-refractivity contribution in [1.29, 1.82) is 0 Å². The smallest absolute Gasteiger partial charge is 0.290 e. The summed E-state index contributed by atoms with van der Waals surface area (Å²) in [7, 11) is 0. The number of nitrogens with zero attached hydrogens (tertiary/aromatic N) is 6. The van der Waals surface area contributed by atoms with Crippen LogP contribution in [0.1, 0.15) is 31.9 Å². The van der Waals surface area contributed by atoms with E-state index in [9.17, 15) is 10.1 Å². The van der Waals surface area contributed by atoms with Crippen molar-refractivity contribution in [3.63, 3.8) is 0 Å². The molecule has 3 rings (SSSR count). The van der Waals surface area contributed by atoms with Crippen LogP contribution >= 0.6 is 0 Å². The molecule has 8 nitrogen and oxygen atoms in total. The molecule has 0 bridgehead atoms. The van der Waals surface area contributed by atoms with E-state index in [2.05, 4.69) is 46.9 Å². The molecule has 3 heterocycles. The number of nitro groups is 1. The van der Waals surface area contributed by atoms with Gasteiger partial charge in [0, 0.05) is 50.0 Å². The van der Waals surface area contributed by atoms with E-state index >= 15 is 0 Å². The maximum Gasteiger partial charge on any atom is 0.290 e. The number of aryl methyl sites for hydroxylation is 1. The predicted octanol–water partition coefficient (Wildman–Crippen LogP) is 2.57. The first-order valence-corrected chi connectivity index (χ1v) is 8.86. The molecule has 0 atom stereocenters. The molecule has 2 aromatic heterocycles. The number of piperazine rings is 1. The fraction of sp³-hybridized carbons (Fsp3) is 0.556. The van der Waals surface area contributed by atoms with Crippen molar-refractivity contribution in [2.24, 2.45) is 0 Å². The minimum Gasteiger partial charge on any atom is -0.354 e. The van der Waals surface area contributed by atoms with Crippen LogP contribution in [0.5, 0.6) is 0 Å². The minimum atomic E-state index is -0.387. The summed E-state index contributed by atoms with van der Waals surface area (Å²) in [6, 6.07) is 1.81. The van der Waals surface area contributed by atoms with Crippen molar-refractivity contribution >= 4 is 11.5 Å². The van der Waals surface area contributed by atoms with Gasteiger partial charge in [0.05, 0.1) is 16.7 Å². The Balaban J connectivity index is 1.58. The summed E-state index contributed by atoms with van der Waals surface area (Å²) in [6.45, 7) is 12.6. The Hall–Kier alpha value is -2.48. The van der Waals surface area contributed by atoms with E-state index < -0.39 is 0 Å². The second kappa shape index (κ2) is 7.03. The molecule has 0 amide bonds. The van der Waals surface area contributed by atoms with Crippen molar-refractivity contribution in [3.8, 4) is 0 Å². The molecule has 26 heavy (non-hydrogen) atoms. The Morgan fingerprint density at radius 1 is 1.19 bits per heavy atom. The van der Waals surface area contributed by atoms with Gasteiger partial charge in [0.2, 0.25) is 0 Å². The van der Waals surface area contributed by atoms with E-state index in [1.165, 1.54) is 11.8 Å². The fourth-order valence-corrected chi connectivity index (χ4v) is 3.10. The molecule has 0 spiro atoms. The maximum atomic E-state index is 10.9. The van der Waals surface area contributed by atoms with E-state index in [1.807, 2.05) is 10.9 Å². The van der Waals surface area contributed by atoms with Crippen LogP contribution < -0.4 is 4.90 Å². The van der Waals surface area contributed by atoms with Gasteiger partial charge in [-0.05, 0) is 33.8 Å². The largest absolute Gasteiger partial charge is 0.354 e. The van der Waals surface area contributed by atoms with Crippen LogP contribution in [-0.2, 0) is 12.1 Å². The summed E-state index contributed by atoms with van der Waals surface area (Å²) in [4.78, 5) is 19.4. The molecule has 1 aliphatic rings. The Kier molecular flexibility index (Phi) is 4.95. The fourth-order valence-electron chi connectivity index (χ4n) is 3.10. The molecule has 0 unspecified atom stereocenters. The second-order valence-corrected chi connectivity index (χ2v) is 7.81. The molecular formula is C18H26N6O2. The summed E-state index contributed by atoms with van der Waals surface area (Å²) in [5, 5.41) is 15.4. The molecular weight excluding hydrogens is 332 g/mol. The summed E-state index contributed by atoms with van der Waals surface area (Å²) < 4.78 is 2.00. The number of hydrogen-bond donors (Lipinski definition) is 0. The van der Waals surface area contributed by atoms with Gasteiger partial charge in [0.25, 0.3) is 5.69 Å². The third-order valence-corrected chi connectivity index (χ3v) is 4.69. The zero-order valence-electron chi connectivity index (χ0n) is 15.8.